The summed E-state index contributed by atoms with van der Waals surface area (Å²) in [6.45, 7) is 17.7. The number of rotatable bonds is 10. The molecule has 3 nitrogen and oxygen atoms in total. The lowest BCUT2D eigenvalue weighted by Crippen LogP contribution is -2.32. The van der Waals surface area contributed by atoms with Crippen LogP contribution in [0.5, 0.6) is 0 Å². The van der Waals surface area contributed by atoms with Crippen LogP contribution in [0.1, 0.15) is 65.7 Å². The predicted molar refractivity (Wildman–Crippen MR) is 137 cm³/mol. The van der Waals surface area contributed by atoms with Crippen LogP contribution in [0, 0.1) is 0 Å². The van der Waals surface area contributed by atoms with Crippen molar-refractivity contribution in [1.82, 2.24) is 4.90 Å². The van der Waals surface area contributed by atoms with Gasteiger partial charge in [0.2, 0.25) is 0 Å². The number of allylic oxidation sites excluding steroid dienone is 7. The molecule has 0 aromatic rings. The van der Waals surface area contributed by atoms with Crippen molar-refractivity contribution in [2.45, 2.75) is 65.7 Å². The molecule has 1 heterocycles. The molecule has 30 heavy (non-hydrogen) atoms. The third-order valence-electron chi connectivity index (χ3n) is 5.73. The van der Waals surface area contributed by atoms with Gasteiger partial charge in [0.05, 0.1) is 5.71 Å². The Balaban J connectivity index is 2.02. The van der Waals surface area contributed by atoms with Crippen LogP contribution in [0.3, 0.4) is 0 Å². The fourth-order valence-corrected chi connectivity index (χ4v) is 4.59. The second-order valence-electron chi connectivity index (χ2n) is 8.12. The summed E-state index contributed by atoms with van der Waals surface area (Å²) in [6.07, 6.45) is 16.8. The minimum atomic E-state index is 0.878. The van der Waals surface area contributed by atoms with Crippen LogP contribution in [0.4, 0.5) is 0 Å². The lowest BCUT2D eigenvalue weighted by atomic mass is 10.0. The largest absolute Gasteiger partial charge is 0.297 e. The van der Waals surface area contributed by atoms with Gasteiger partial charge in [0.25, 0.3) is 0 Å². The summed E-state index contributed by atoms with van der Waals surface area (Å²) in [5.74, 6) is 0.878. The van der Waals surface area contributed by atoms with Crippen molar-refractivity contribution in [3.63, 3.8) is 0 Å². The van der Waals surface area contributed by atoms with Gasteiger partial charge < -0.3 is 0 Å². The molecule has 0 unspecified atom stereocenters. The Morgan fingerprint density at radius 2 is 2.10 bits per heavy atom. The lowest BCUT2D eigenvalue weighted by Gasteiger charge is -2.24. The predicted octanol–water partition coefficient (Wildman–Crippen LogP) is 7.12. The molecule has 0 radical (unpaired) electrons. The van der Waals surface area contributed by atoms with Crippen molar-refractivity contribution in [2.24, 2.45) is 10.2 Å². The van der Waals surface area contributed by atoms with E-state index >= 15 is 0 Å². The van der Waals surface area contributed by atoms with E-state index in [4.69, 9.17) is 0 Å². The summed E-state index contributed by atoms with van der Waals surface area (Å²) in [7, 11) is 0. The van der Waals surface area contributed by atoms with Crippen molar-refractivity contribution >= 4 is 22.5 Å². The van der Waals surface area contributed by atoms with Crippen LogP contribution in [0.15, 0.2) is 70.0 Å². The molecule has 4 heteroatoms. The first-order valence-corrected chi connectivity index (χ1v) is 12.4. The molecule has 2 rings (SSSR count). The molecule has 0 atom stereocenters. The van der Waals surface area contributed by atoms with Gasteiger partial charge in [-0.3, -0.25) is 4.90 Å². The second kappa shape index (κ2) is 13.6. The summed E-state index contributed by atoms with van der Waals surface area (Å²) in [5, 5.41) is 10.1. The molecule has 0 N–H and O–H groups in total. The fraction of sp³-hybridized carbons (Fsp3) is 0.538. The molecule has 0 fully saturated rings. The highest BCUT2D eigenvalue weighted by atomic mass is 32.2. The van der Waals surface area contributed by atoms with E-state index < -0.39 is 0 Å². The molecule has 0 aromatic heterocycles. The first kappa shape index (κ1) is 24.6. The third kappa shape index (κ3) is 8.23. The van der Waals surface area contributed by atoms with E-state index in [0.717, 1.165) is 67.4 Å². The summed E-state index contributed by atoms with van der Waals surface area (Å²) in [4.78, 5) is 2.56. The number of nitrogens with zero attached hydrogens (tertiary/aromatic N) is 3. The topological polar surface area (TPSA) is 28.0 Å². The molecule has 1 aliphatic heterocycles. The maximum absolute atomic E-state index is 4.54. The van der Waals surface area contributed by atoms with Crippen molar-refractivity contribution in [1.29, 1.82) is 0 Å². The molecule has 0 saturated carbocycles. The van der Waals surface area contributed by atoms with E-state index in [0.29, 0.717) is 0 Å². The Morgan fingerprint density at radius 1 is 1.27 bits per heavy atom. The monoisotopic (exact) mass is 425 g/mol. The zero-order valence-corrected chi connectivity index (χ0v) is 20.1. The lowest BCUT2D eigenvalue weighted by molar-refractivity contribution is 0.311. The molecule has 2 aliphatic rings. The Morgan fingerprint density at radius 3 is 2.77 bits per heavy atom. The van der Waals surface area contributed by atoms with Gasteiger partial charge in [-0.25, -0.2) is 0 Å². The molecule has 1 aliphatic carbocycles. The van der Waals surface area contributed by atoms with Gasteiger partial charge in [0.15, 0.2) is 0 Å². The third-order valence-corrected chi connectivity index (χ3v) is 6.70. The molecule has 0 aromatic carbocycles. The van der Waals surface area contributed by atoms with Gasteiger partial charge in [0.1, 0.15) is 5.04 Å². The highest BCUT2D eigenvalue weighted by Crippen LogP contribution is 2.23. The molecule has 0 spiro atoms. The number of unbranched alkanes of at least 4 members (excludes halogenated alkanes) is 1. The standard InChI is InChI=1S/C26H39N3S/c1-6-9-17-29(19-26-28-27-25(20-30-26)23(7-2)8-3)18-16-24-13-11-10-12-21(4)14-15-22(24)5/h7-8,13,15H,2,4,6,9-12,14,16-20H2,1,3,5H3/b22-15?,23-8+,24-13?. The maximum atomic E-state index is 4.54. The van der Waals surface area contributed by atoms with Crippen molar-refractivity contribution in [3.05, 3.63) is 59.8 Å². The van der Waals surface area contributed by atoms with E-state index in [1.807, 2.05) is 24.8 Å². The molecule has 164 valence electrons. The van der Waals surface area contributed by atoms with Gasteiger partial charge in [-0.2, -0.15) is 5.10 Å². The number of hydrogen-bond acceptors (Lipinski definition) is 4. The Hall–Kier alpha value is -1.65. The van der Waals surface area contributed by atoms with E-state index in [-0.39, 0.29) is 0 Å². The Bertz CT molecular complexity index is 752. The average Bonchev–Trinajstić information content (AvgIpc) is 2.83. The van der Waals surface area contributed by atoms with Gasteiger partial charge in [-0.05, 0) is 70.1 Å². The molecule has 0 bridgehead atoms. The van der Waals surface area contributed by atoms with Gasteiger partial charge in [-0.15, -0.1) is 16.9 Å². The smallest absolute Gasteiger partial charge is 0.110 e. The Labute approximate surface area is 188 Å². The quantitative estimate of drug-likeness (QED) is 0.275. The summed E-state index contributed by atoms with van der Waals surface area (Å²) in [5.41, 5.74) is 6.41. The normalized spacial score (nSPS) is 18.7. The van der Waals surface area contributed by atoms with E-state index in [2.05, 4.69) is 60.3 Å². The SMILES string of the molecule is C=C/C(=C\C)C1=NN=C(CN(CCCC)CCC2=CCCCC(=C)CC=C2C)SC1. The van der Waals surface area contributed by atoms with Crippen molar-refractivity contribution in [2.75, 3.05) is 25.4 Å². The van der Waals surface area contributed by atoms with E-state index in [1.165, 1.54) is 36.0 Å². The first-order valence-electron chi connectivity index (χ1n) is 11.4. The molecule has 0 saturated heterocycles. The fourth-order valence-electron chi connectivity index (χ4n) is 3.69. The van der Waals surface area contributed by atoms with Gasteiger partial charge in [-0.1, -0.05) is 62.0 Å². The van der Waals surface area contributed by atoms with E-state index in [1.54, 1.807) is 0 Å². The minimum absolute atomic E-state index is 0.878. The van der Waals surface area contributed by atoms with E-state index in [9.17, 15) is 0 Å². The first-order chi connectivity index (χ1) is 14.6. The summed E-state index contributed by atoms with van der Waals surface area (Å²) in [6, 6.07) is 0. The van der Waals surface area contributed by atoms with Crippen LogP contribution in [0.2, 0.25) is 0 Å². The highest BCUT2D eigenvalue weighted by Gasteiger charge is 2.16. The highest BCUT2D eigenvalue weighted by molar-refractivity contribution is 8.14. The minimum Gasteiger partial charge on any atom is -0.297 e. The molecule has 0 amide bonds. The van der Waals surface area contributed by atoms with Crippen LogP contribution in [-0.4, -0.2) is 41.0 Å². The van der Waals surface area contributed by atoms with Crippen molar-refractivity contribution < 1.29 is 0 Å². The second-order valence-corrected chi connectivity index (χ2v) is 9.17. The van der Waals surface area contributed by atoms with Gasteiger partial charge in [0, 0.05) is 18.8 Å². The molecular weight excluding hydrogens is 386 g/mol. The van der Waals surface area contributed by atoms with Crippen LogP contribution in [0.25, 0.3) is 0 Å². The van der Waals surface area contributed by atoms with Crippen LogP contribution >= 0.6 is 11.8 Å². The number of hydrogen-bond donors (Lipinski definition) is 0. The van der Waals surface area contributed by atoms with Crippen LogP contribution < -0.4 is 0 Å². The summed E-state index contributed by atoms with van der Waals surface area (Å²) < 4.78 is 0. The van der Waals surface area contributed by atoms with Gasteiger partial charge >= 0.3 is 0 Å². The van der Waals surface area contributed by atoms with Crippen LogP contribution in [-0.2, 0) is 0 Å². The van der Waals surface area contributed by atoms with Crippen molar-refractivity contribution in [3.8, 4) is 0 Å². The summed E-state index contributed by atoms with van der Waals surface area (Å²) >= 11 is 1.82. The Kier molecular flexibility index (Phi) is 11.2. The molecular formula is C26H39N3S. The zero-order chi connectivity index (χ0) is 21.8. The average molecular weight is 426 g/mol. The number of thioether (sulfide) groups is 1. The maximum Gasteiger partial charge on any atom is 0.110 e. The zero-order valence-electron chi connectivity index (χ0n) is 19.3.